The normalized spacial score (nSPS) is 12.3. The first-order valence-electron chi connectivity index (χ1n) is 19.1. The first-order chi connectivity index (χ1) is 26.0. The molecule has 0 fully saturated rings. The standard InChI is InChI=1S/C52H46N2/c1-51(2,3)39-15-13-21-43(33-39)53(41-17-9-7-10-18-41)45-25-23-35-29-47-49(31-37(35)27-45)48-30-36-24-26-46(28-38(36)32-50(47)48)54(42-19-11-8-12-20-42)44-22-14-16-40(34-44)52(4,5)6/h7-34H,1-6H3. The lowest BCUT2D eigenvalue weighted by atomic mass is 9.78. The number of anilines is 6. The summed E-state index contributed by atoms with van der Waals surface area (Å²) in [6, 6.07) is 62.7. The van der Waals surface area contributed by atoms with Crippen LogP contribution in [0.3, 0.4) is 0 Å². The van der Waals surface area contributed by atoms with Crippen molar-refractivity contribution in [2.24, 2.45) is 0 Å². The van der Waals surface area contributed by atoms with Gasteiger partial charge >= 0.3 is 0 Å². The molecule has 0 aliphatic heterocycles. The Labute approximate surface area is 320 Å². The van der Waals surface area contributed by atoms with Crippen LogP contribution in [0.4, 0.5) is 34.1 Å². The van der Waals surface area contributed by atoms with Crippen LogP contribution in [0, 0.1) is 0 Å². The molecule has 54 heavy (non-hydrogen) atoms. The number of benzene rings is 8. The van der Waals surface area contributed by atoms with Gasteiger partial charge in [-0.3, -0.25) is 0 Å². The lowest BCUT2D eigenvalue weighted by Gasteiger charge is -2.29. The zero-order valence-corrected chi connectivity index (χ0v) is 32.1. The fraction of sp³-hybridized carbons (Fsp3) is 0.154. The van der Waals surface area contributed by atoms with E-state index in [1.807, 2.05) is 0 Å². The number of hydrogen-bond acceptors (Lipinski definition) is 2. The summed E-state index contributed by atoms with van der Waals surface area (Å²) in [5.41, 5.74) is 15.0. The third-order valence-electron chi connectivity index (χ3n) is 11.0. The summed E-state index contributed by atoms with van der Waals surface area (Å²) in [6.07, 6.45) is 0. The van der Waals surface area contributed by atoms with E-state index in [9.17, 15) is 0 Å². The lowest BCUT2D eigenvalue weighted by Crippen LogP contribution is -2.14. The van der Waals surface area contributed by atoms with Crippen molar-refractivity contribution in [3.8, 4) is 22.3 Å². The molecule has 0 N–H and O–H groups in total. The van der Waals surface area contributed by atoms with E-state index in [1.165, 1.54) is 66.3 Å². The summed E-state index contributed by atoms with van der Waals surface area (Å²) >= 11 is 0. The van der Waals surface area contributed by atoms with Gasteiger partial charge in [0.15, 0.2) is 0 Å². The number of fused-ring (bicyclic) bond motifs is 6. The fourth-order valence-electron chi connectivity index (χ4n) is 7.95. The molecular weight excluding hydrogens is 653 g/mol. The van der Waals surface area contributed by atoms with Gasteiger partial charge in [0.25, 0.3) is 0 Å². The average Bonchev–Trinajstić information content (AvgIpc) is 3.17. The topological polar surface area (TPSA) is 6.48 Å². The van der Waals surface area contributed by atoms with Gasteiger partial charge in [-0.25, -0.2) is 0 Å². The highest BCUT2D eigenvalue weighted by atomic mass is 15.1. The monoisotopic (exact) mass is 698 g/mol. The van der Waals surface area contributed by atoms with E-state index in [1.54, 1.807) is 0 Å². The van der Waals surface area contributed by atoms with E-state index in [4.69, 9.17) is 0 Å². The molecule has 2 heteroatoms. The van der Waals surface area contributed by atoms with Crippen LogP contribution < -0.4 is 9.80 Å². The number of rotatable bonds is 6. The molecule has 0 spiro atoms. The smallest absolute Gasteiger partial charge is 0.0468 e. The summed E-state index contributed by atoms with van der Waals surface area (Å²) in [6.45, 7) is 13.7. The molecule has 9 rings (SSSR count). The molecule has 8 aromatic rings. The second kappa shape index (κ2) is 12.8. The van der Waals surface area contributed by atoms with Crippen LogP contribution in [-0.2, 0) is 10.8 Å². The lowest BCUT2D eigenvalue weighted by molar-refractivity contribution is 0.590. The van der Waals surface area contributed by atoms with Crippen molar-refractivity contribution in [2.75, 3.05) is 9.80 Å². The third kappa shape index (κ3) is 6.02. The first kappa shape index (κ1) is 33.7. The highest BCUT2D eigenvalue weighted by molar-refractivity contribution is 6.12. The Balaban J connectivity index is 1.10. The molecule has 2 nitrogen and oxygen atoms in total. The zero-order valence-electron chi connectivity index (χ0n) is 32.1. The maximum Gasteiger partial charge on any atom is 0.0468 e. The molecule has 0 saturated carbocycles. The van der Waals surface area contributed by atoms with Crippen molar-refractivity contribution in [2.45, 2.75) is 52.4 Å². The van der Waals surface area contributed by atoms with Crippen LogP contribution in [0.2, 0.25) is 0 Å². The largest absolute Gasteiger partial charge is 0.310 e. The predicted molar refractivity (Wildman–Crippen MR) is 233 cm³/mol. The second-order valence-electron chi connectivity index (χ2n) is 16.8. The summed E-state index contributed by atoms with van der Waals surface area (Å²) in [5, 5.41) is 5.00. The summed E-state index contributed by atoms with van der Waals surface area (Å²) in [4.78, 5) is 4.76. The van der Waals surface area contributed by atoms with Gasteiger partial charge in [0.2, 0.25) is 0 Å². The first-order valence-corrected chi connectivity index (χ1v) is 19.1. The Kier molecular flexibility index (Phi) is 7.97. The Morgan fingerprint density at radius 2 is 0.611 bits per heavy atom. The second-order valence-corrected chi connectivity index (χ2v) is 16.8. The van der Waals surface area contributed by atoms with Gasteiger partial charge in [0, 0.05) is 34.1 Å². The average molecular weight is 699 g/mol. The van der Waals surface area contributed by atoms with Crippen LogP contribution in [0.25, 0.3) is 43.8 Å². The molecule has 0 radical (unpaired) electrons. The van der Waals surface area contributed by atoms with Crippen LogP contribution in [-0.4, -0.2) is 0 Å². The quantitative estimate of drug-likeness (QED) is 0.171. The maximum atomic E-state index is 2.39. The zero-order chi connectivity index (χ0) is 37.2. The minimum atomic E-state index is 0.0580. The number of nitrogens with zero attached hydrogens (tertiary/aromatic N) is 2. The molecule has 0 unspecified atom stereocenters. The highest BCUT2D eigenvalue weighted by Gasteiger charge is 2.25. The van der Waals surface area contributed by atoms with Crippen LogP contribution in [0.1, 0.15) is 52.7 Å². The predicted octanol–water partition coefficient (Wildman–Crippen LogP) is 15.2. The molecule has 0 heterocycles. The van der Waals surface area contributed by atoms with Crippen molar-refractivity contribution in [1.29, 1.82) is 0 Å². The minimum absolute atomic E-state index is 0.0580. The van der Waals surface area contributed by atoms with Crippen LogP contribution >= 0.6 is 0 Å². The molecule has 0 bridgehead atoms. The van der Waals surface area contributed by atoms with Crippen molar-refractivity contribution in [3.05, 3.63) is 181 Å². The minimum Gasteiger partial charge on any atom is -0.310 e. The van der Waals surface area contributed by atoms with E-state index in [2.05, 4.69) is 221 Å². The molecule has 1 aliphatic rings. The Bertz CT molecular complexity index is 2470. The molecule has 0 saturated heterocycles. The Hall–Kier alpha value is -6.12. The molecule has 1 aliphatic carbocycles. The molecule has 0 aromatic heterocycles. The van der Waals surface area contributed by atoms with Crippen molar-refractivity contribution < 1.29 is 0 Å². The molecule has 0 amide bonds. The Morgan fingerprint density at radius 1 is 0.278 bits per heavy atom. The van der Waals surface area contributed by atoms with E-state index >= 15 is 0 Å². The molecule has 264 valence electrons. The van der Waals surface area contributed by atoms with Gasteiger partial charge < -0.3 is 9.80 Å². The number of hydrogen-bond donors (Lipinski definition) is 0. The van der Waals surface area contributed by atoms with Gasteiger partial charge in [0.1, 0.15) is 0 Å². The van der Waals surface area contributed by atoms with Crippen LogP contribution in [0.15, 0.2) is 170 Å². The van der Waals surface area contributed by atoms with Crippen molar-refractivity contribution >= 4 is 55.7 Å². The van der Waals surface area contributed by atoms with E-state index in [0.29, 0.717) is 0 Å². The SMILES string of the molecule is CC(C)(C)c1cccc(N(c2ccccc2)c2ccc3cc4c(cc3c2)-c2cc3ccc(N(c5ccccc5)c5cccc(C(C)(C)C)c5)cc3cc2-4)c1. The van der Waals surface area contributed by atoms with Gasteiger partial charge in [-0.2, -0.15) is 0 Å². The van der Waals surface area contributed by atoms with E-state index < -0.39 is 0 Å². The van der Waals surface area contributed by atoms with Crippen molar-refractivity contribution in [3.63, 3.8) is 0 Å². The highest BCUT2D eigenvalue weighted by Crippen LogP contribution is 2.51. The van der Waals surface area contributed by atoms with Crippen LogP contribution in [0.5, 0.6) is 0 Å². The molecule has 8 aromatic carbocycles. The van der Waals surface area contributed by atoms with Gasteiger partial charge in [0.05, 0.1) is 0 Å². The summed E-state index contributed by atoms with van der Waals surface area (Å²) in [5.74, 6) is 0. The molecule has 0 atom stereocenters. The van der Waals surface area contributed by atoms with Gasteiger partial charge in [-0.05, 0) is 163 Å². The van der Waals surface area contributed by atoms with Crippen molar-refractivity contribution in [1.82, 2.24) is 0 Å². The van der Waals surface area contributed by atoms with Gasteiger partial charge in [-0.1, -0.05) is 114 Å². The summed E-state index contributed by atoms with van der Waals surface area (Å²) in [7, 11) is 0. The van der Waals surface area contributed by atoms with Gasteiger partial charge in [-0.15, -0.1) is 0 Å². The van der Waals surface area contributed by atoms with E-state index in [0.717, 1.165) is 22.7 Å². The van der Waals surface area contributed by atoms with E-state index in [-0.39, 0.29) is 10.8 Å². The number of para-hydroxylation sites is 2. The fourth-order valence-corrected chi connectivity index (χ4v) is 7.95. The summed E-state index contributed by atoms with van der Waals surface area (Å²) < 4.78 is 0. The maximum absolute atomic E-state index is 2.39. The Morgan fingerprint density at radius 3 is 0.981 bits per heavy atom. The molecular formula is C52H46N2. The third-order valence-corrected chi connectivity index (χ3v) is 11.0.